The molecule has 1 aliphatic carbocycles. The molecule has 3 aromatic rings. The number of hydrogen-bond donors (Lipinski definition) is 3. The van der Waals surface area contributed by atoms with Crippen LogP contribution in [0.4, 0.5) is 0 Å². The van der Waals surface area contributed by atoms with Crippen LogP contribution in [0.5, 0.6) is 0 Å². The molecular formula is C29H37N5O2. The van der Waals surface area contributed by atoms with E-state index in [1.807, 2.05) is 0 Å². The van der Waals surface area contributed by atoms with E-state index in [-0.39, 0.29) is 0 Å². The standard InChI is InChI=1S/C29H37N5O2/c1-32-14-16-33(17-15-32)18-19-34(13-12-24-21-30-27-5-3-2-4-25(24)27)28-10-8-23-20-22(6-9-26(23)28)7-11-29(35)31-36/h2-7,9,11,20-21,28,30,36H,8,10,12-19H2,1H3,(H,31,35)/b11-7+. The van der Waals surface area contributed by atoms with E-state index in [1.54, 1.807) is 11.6 Å². The number of benzene rings is 2. The van der Waals surface area contributed by atoms with Crippen LogP contribution in [-0.4, -0.2) is 83.7 Å². The fourth-order valence-corrected chi connectivity index (χ4v) is 5.67. The van der Waals surface area contributed by atoms with Gasteiger partial charge < -0.3 is 9.88 Å². The number of hydrogen-bond acceptors (Lipinski definition) is 5. The predicted molar refractivity (Wildman–Crippen MR) is 144 cm³/mol. The Balaban J connectivity index is 1.32. The molecule has 2 aromatic carbocycles. The van der Waals surface area contributed by atoms with E-state index in [9.17, 15) is 4.79 Å². The third-order valence-electron chi connectivity index (χ3n) is 7.83. The summed E-state index contributed by atoms with van der Waals surface area (Å²) in [6.07, 6.45) is 8.48. The number of H-pyrrole nitrogens is 1. The molecule has 1 saturated heterocycles. The van der Waals surface area contributed by atoms with Crippen LogP contribution in [0.15, 0.2) is 54.7 Å². The van der Waals surface area contributed by atoms with Crippen molar-refractivity contribution in [1.82, 2.24) is 25.2 Å². The molecular weight excluding hydrogens is 450 g/mol. The fourth-order valence-electron chi connectivity index (χ4n) is 5.67. The number of rotatable bonds is 9. The number of hydroxylamine groups is 1. The van der Waals surface area contributed by atoms with Crippen molar-refractivity contribution in [2.45, 2.75) is 25.3 Å². The van der Waals surface area contributed by atoms with Crippen molar-refractivity contribution < 1.29 is 10.0 Å². The highest BCUT2D eigenvalue weighted by molar-refractivity contribution is 5.90. The highest BCUT2D eigenvalue weighted by Crippen LogP contribution is 2.36. The maximum atomic E-state index is 11.4. The first-order valence-corrected chi connectivity index (χ1v) is 13.1. The summed E-state index contributed by atoms with van der Waals surface area (Å²) in [5, 5.41) is 10.1. The maximum absolute atomic E-state index is 11.4. The molecule has 2 aliphatic rings. The van der Waals surface area contributed by atoms with Crippen molar-refractivity contribution in [2.75, 3.05) is 52.9 Å². The van der Waals surface area contributed by atoms with Crippen LogP contribution in [0.25, 0.3) is 17.0 Å². The van der Waals surface area contributed by atoms with Gasteiger partial charge in [-0.1, -0.05) is 36.4 Å². The number of carbonyl (C=O) groups excluding carboxylic acids is 1. The lowest BCUT2D eigenvalue weighted by Crippen LogP contribution is -2.47. The monoisotopic (exact) mass is 487 g/mol. The van der Waals surface area contributed by atoms with E-state index in [1.165, 1.54) is 33.7 Å². The van der Waals surface area contributed by atoms with Crippen molar-refractivity contribution >= 4 is 22.9 Å². The summed E-state index contributed by atoms with van der Waals surface area (Å²) in [7, 11) is 2.21. The first-order valence-electron chi connectivity index (χ1n) is 13.1. The Kier molecular flexibility index (Phi) is 7.82. The van der Waals surface area contributed by atoms with Gasteiger partial charge in [-0.05, 0) is 60.7 Å². The molecule has 0 bridgehead atoms. The Morgan fingerprint density at radius 3 is 2.83 bits per heavy atom. The van der Waals surface area contributed by atoms with E-state index in [2.05, 4.69) is 75.4 Å². The van der Waals surface area contributed by atoms with Gasteiger partial charge in [-0.3, -0.25) is 19.8 Å². The Morgan fingerprint density at radius 1 is 1.17 bits per heavy atom. The van der Waals surface area contributed by atoms with Gasteiger partial charge in [0, 0.05) is 75.0 Å². The highest BCUT2D eigenvalue weighted by Gasteiger charge is 2.28. The maximum Gasteiger partial charge on any atom is 0.267 e. The Morgan fingerprint density at radius 2 is 2.00 bits per heavy atom. The number of likely N-dealkylation sites (N-methyl/N-ethyl adjacent to an activating group) is 1. The molecule has 190 valence electrons. The number of aryl methyl sites for hydroxylation is 1. The molecule has 36 heavy (non-hydrogen) atoms. The molecule has 1 fully saturated rings. The van der Waals surface area contributed by atoms with E-state index < -0.39 is 5.91 Å². The van der Waals surface area contributed by atoms with Crippen LogP contribution in [0, 0.1) is 0 Å². The van der Waals surface area contributed by atoms with Crippen LogP contribution >= 0.6 is 0 Å². The summed E-state index contributed by atoms with van der Waals surface area (Å²) in [5.74, 6) is -0.513. The summed E-state index contributed by atoms with van der Waals surface area (Å²) in [5.41, 5.74) is 8.00. The fraction of sp³-hybridized carbons (Fsp3) is 0.414. The highest BCUT2D eigenvalue weighted by atomic mass is 16.5. The molecule has 7 heteroatoms. The number of amides is 1. The van der Waals surface area contributed by atoms with E-state index in [4.69, 9.17) is 5.21 Å². The largest absolute Gasteiger partial charge is 0.361 e. The van der Waals surface area contributed by atoms with E-state index in [0.717, 1.165) is 70.6 Å². The van der Waals surface area contributed by atoms with E-state index in [0.29, 0.717) is 6.04 Å². The second kappa shape index (κ2) is 11.4. The molecule has 1 amide bonds. The Hall–Kier alpha value is -2.97. The van der Waals surface area contributed by atoms with Crippen molar-refractivity contribution in [3.8, 4) is 0 Å². The number of nitrogens with one attached hydrogen (secondary N) is 2. The molecule has 0 saturated carbocycles. The lowest BCUT2D eigenvalue weighted by molar-refractivity contribution is -0.124. The van der Waals surface area contributed by atoms with Crippen molar-refractivity contribution in [3.05, 3.63) is 77.0 Å². The zero-order valence-corrected chi connectivity index (χ0v) is 21.1. The number of para-hydroxylation sites is 1. The van der Waals surface area contributed by atoms with Gasteiger partial charge in [0.2, 0.25) is 0 Å². The smallest absolute Gasteiger partial charge is 0.267 e. The molecule has 0 radical (unpaired) electrons. The number of fused-ring (bicyclic) bond motifs is 2. The number of piperazine rings is 1. The third-order valence-corrected chi connectivity index (χ3v) is 7.83. The van der Waals surface area contributed by atoms with Crippen LogP contribution in [0.2, 0.25) is 0 Å². The second-order valence-corrected chi connectivity index (χ2v) is 10.1. The van der Waals surface area contributed by atoms with E-state index >= 15 is 0 Å². The molecule has 1 aromatic heterocycles. The minimum atomic E-state index is -0.513. The molecule has 7 nitrogen and oxygen atoms in total. The lowest BCUT2D eigenvalue weighted by Gasteiger charge is -2.36. The molecule has 2 heterocycles. The number of carbonyl (C=O) groups is 1. The van der Waals surface area contributed by atoms with Gasteiger partial charge in [0.25, 0.3) is 5.91 Å². The summed E-state index contributed by atoms with van der Waals surface area (Å²) < 4.78 is 0. The number of aromatic amines is 1. The molecule has 5 rings (SSSR count). The number of nitrogens with zero attached hydrogens (tertiary/aromatic N) is 3. The van der Waals surface area contributed by atoms with Crippen LogP contribution < -0.4 is 5.48 Å². The summed E-state index contributed by atoms with van der Waals surface area (Å²) in [4.78, 5) is 22.5. The van der Waals surface area contributed by atoms with Gasteiger partial charge in [-0.2, -0.15) is 0 Å². The first-order chi connectivity index (χ1) is 17.6. The molecule has 0 spiro atoms. The molecule has 1 aliphatic heterocycles. The average molecular weight is 488 g/mol. The Labute approximate surface area is 213 Å². The summed E-state index contributed by atoms with van der Waals surface area (Å²) in [6, 6.07) is 15.5. The SMILES string of the molecule is CN1CCN(CCN(CCc2c[nH]c3ccccc23)C2CCc3cc(/C=C/C(=O)NO)ccc32)CC1. The number of aromatic nitrogens is 1. The zero-order valence-electron chi connectivity index (χ0n) is 21.1. The summed E-state index contributed by atoms with van der Waals surface area (Å²) in [6.45, 7) is 7.77. The van der Waals surface area contributed by atoms with Crippen LogP contribution in [0.1, 0.15) is 34.7 Å². The van der Waals surface area contributed by atoms with Gasteiger partial charge in [0.05, 0.1) is 0 Å². The van der Waals surface area contributed by atoms with Crippen molar-refractivity contribution in [2.24, 2.45) is 0 Å². The molecule has 1 unspecified atom stereocenters. The first kappa shape index (κ1) is 24.7. The minimum absolute atomic E-state index is 0.413. The van der Waals surface area contributed by atoms with Crippen molar-refractivity contribution in [3.63, 3.8) is 0 Å². The Bertz CT molecular complexity index is 1210. The normalized spacial score (nSPS) is 18.9. The summed E-state index contributed by atoms with van der Waals surface area (Å²) >= 11 is 0. The topological polar surface area (TPSA) is 74.8 Å². The predicted octanol–water partition coefficient (Wildman–Crippen LogP) is 3.47. The van der Waals surface area contributed by atoms with Gasteiger partial charge in [-0.15, -0.1) is 0 Å². The zero-order chi connectivity index (χ0) is 24.9. The quantitative estimate of drug-likeness (QED) is 0.245. The van der Waals surface area contributed by atoms with Gasteiger partial charge >= 0.3 is 0 Å². The van der Waals surface area contributed by atoms with Crippen molar-refractivity contribution in [1.29, 1.82) is 0 Å². The van der Waals surface area contributed by atoms with Crippen LogP contribution in [-0.2, 0) is 17.6 Å². The third kappa shape index (κ3) is 5.71. The van der Waals surface area contributed by atoms with Gasteiger partial charge in [-0.25, -0.2) is 5.48 Å². The minimum Gasteiger partial charge on any atom is -0.361 e. The van der Waals surface area contributed by atoms with Gasteiger partial charge in [0.15, 0.2) is 0 Å². The molecule has 3 N–H and O–H groups in total. The average Bonchev–Trinajstić information content (AvgIpc) is 3.52. The van der Waals surface area contributed by atoms with Crippen LogP contribution in [0.3, 0.4) is 0 Å². The van der Waals surface area contributed by atoms with Gasteiger partial charge in [0.1, 0.15) is 0 Å². The lowest BCUT2D eigenvalue weighted by atomic mass is 10.0. The molecule has 1 atom stereocenters. The second-order valence-electron chi connectivity index (χ2n) is 10.1.